The van der Waals surface area contributed by atoms with Crippen molar-refractivity contribution in [3.05, 3.63) is 29.3 Å². The van der Waals surface area contributed by atoms with Crippen molar-refractivity contribution in [3.8, 4) is 0 Å². The minimum Gasteiger partial charge on any atom is -0.478 e. The predicted molar refractivity (Wildman–Crippen MR) is 130 cm³/mol. The number of nitrogens with zero attached hydrogens (tertiary/aromatic N) is 1. The van der Waals surface area contributed by atoms with Gasteiger partial charge in [-0.25, -0.2) is 9.59 Å². The zero-order valence-electron chi connectivity index (χ0n) is 20.5. The summed E-state index contributed by atoms with van der Waals surface area (Å²) >= 11 is 0. The van der Waals surface area contributed by atoms with Crippen LogP contribution in [-0.4, -0.2) is 65.8 Å². The minimum absolute atomic E-state index is 0.535. The molecule has 0 fully saturated rings. The molecule has 0 aromatic heterocycles. The molecule has 0 atom stereocenters. The van der Waals surface area contributed by atoms with E-state index in [1.54, 1.807) is 0 Å². The van der Waals surface area contributed by atoms with E-state index in [1.807, 2.05) is 0 Å². The Morgan fingerprint density at radius 3 is 1.21 bits per heavy atom. The first-order chi connectivity index (χ1) is 15.5. The monoisotopic (exact) mass is 488 g/mol. The fourth-order valence-electron chi connectivity index (χ4n) is 3.64. The number of carbonyl (C=O) groups is 2. The Hall–Kier alpha value is -1.97. The van der Waals surface area contributed by atoms with Crippen LogP contribution in [0.2, 0.25) is 0 Å². The second-order valence-corrected chi connectivity index (χ2v) is 9.90. The van der Waals surface area contributed by atoms with Gasteiger partial charge in [0, 0.05) is 0 Å². The van der Waals surface area contributed by atoms with Gasteiger partial charge in [0.15, 0.2) is 0 Å². The van der Waals surface area contributed by atoms with Crippen LogP contribution >= 0.6 is 0 Å². The molecular weight excluding hydrogens is 446 g/mol. The summed E-state index contributed by atoms with van der Waals surface area (Å²) in [5.74, 6) is -2.99. The molecule has 0 aliphatic carbocycles. The summed E-state index contributed by atoms with van der Waals surface area (Å²) in [5.41, 5.74) is -1.07. The maximum Gasteiger partial charge on any atom is 0.335 e. The normalized spacial score (nSPS) is 11.5. The Labute approximate surface area is 199 Å². The van der Waals surface area contributed by atoms with E-state index >= 15 is 0 Å². The lowest BCUT2D eigenvalue weighted by Gasteiger charge is -2.39. The zero-order valence-corrected chi connectivity index (χ0v) is 21.4. The van der Waals surface area contributed by atoms with Crippen molar-refractivity contribution in [2.24, 2.45) is 0 Å². The largest absolute Gasteiger partial charge is 0.478 e. The number of hydrogen-bond donors (Lipinski definition) is 3. The lowest BCUT2D eigenvalue weighted by atomic mass is 10.1. The second kappa shape index (κ2) is 15.8. The first-order valence-corrected chi connectivity index (χ1v) is 13.3. The van der Waals surface area contributed by atoms with Crippen molar-refractivity contribution in [3.63, 3.8) is 0 Å². The van der Waals surface area contributed by atoms with E-state index < -0.39 is 38.1 Å². The number of aromatic carboxylic acids is 2. The number of carboxylic acids is 2. The molecule has 0 saturated carbocycles. The number of hydrogen-bond acceptors (Lipinski definition) is 4. The SMILES string of the molecule is CCCC[N+](CCCC)(CCCC)CCCC.O=C(O)c1cc(C(=O)O)cc(S(=O)(=O)O)c1. The predicted octanol–water partition coefficient (Wildman–Crippen LogP) is 5.33. The minimum atomic E-state index is -4.64. The van der Waals surface area contributed by atoms with Crippen LogP contribution in [0.1, 0.15) is 99.8 Å². The van der Waals surface area contributed by atoms with E-state index in [4.69, 9.17) is 14.8 Å². The van der Waals surface area contributed by atoms with Crippen LogP contribution in [0.15, 0.2) is 23.1 Å². The third-order valence-corrected chi connectivity index (χ3v) is 6.47. The number of unbranched alkanes of at least 4 members (excludes halogenated alkanes) is 4. The number of benzene rings is 1. The lowest BCUT2D eigenvalue weighted by Crippen LogP contribution is -2.50. The quantitative estimate of drug-likeness (QED) is 0.225. The molecule has 0 aliphatic heterocycles. The topological polar surface area (TPSA) is 129 Å². The van der Waals surface area contributed by atoms with E-state index in [-0.39, 0.29) is 0 Å². The highest BCUT2D eigenvalue weighted by atomic mass is 32.2. The van der Waals surface area contributed by atoms with Crippen molar-refractivity contribution < 1.29 is 37.3 Å². The Bertz CT molecular complexity index is 767. The number of quaternary nitrogens is 1. The Morgan fingerprint density at radius 1 is 0.697 bits per heavy atom. The van der Waals surface area contributed by atoms with Crippen LogP contribution in [0.5, 0.6) is 0 Å². The van der Waals surface area contributed by atoms with E-state index in [9.17, 15) is 18.0 Å². The van der Waals surface area contributed by atoms with Gasteiger partial charge in [0.25, 0.3) is 10.1 Å². The van der Waals surface area contributed by atoms with Crippen molar-refractivity contribution >= 4 is 22.1 Å². The Morgan fingerprint density at radius 2 is 1.00 bits per heavy atom. The Kier molecular flexibility index (Phi) is 14.9. The van der Waals surface area contributed by atoms with Gasteiger partial charge in [-0.3, -0.25) is 4.55 Å². The van der Waals surface area contributed by atoms with Crippen LogP contribution in [0.25, 0.3) is 0 Å². The number of rotatable bonds is 15. The third-order valence-electron chi connectivity index (χ3n) is 5.64. The summed E-state index contributed by atoms with van der Waals surface area (Å²) in [6.07, 6.45) is 11.1. The summed E-state index contributed by atoms with van der Waals surface area (Å²) in [6, 6.07) is 2.13. The molecule has 190 valence electrons. The first-order valence-electron chi connectivity index (χ1n) is 11.9. The van der Waals surface area contributed by atoms with Gasteiger partial charge in [0.1, 0.15) is 0 Å². The molecule has 1 aromatic rings. The molecule has 0 spiro atoms. The Balaban J connectivity index is 0.000000621. The highest BCUT2D eigenvalue weighted by Crippen LogP contribution is 2.17. The molecule has 0 saturated heterocycles. The average molecular weight is 489 g/mol. The van der Waals surface area contributed by atoms with Gasteiger partial charge in [-0.05, 0) is 43.9 Å². The second-order valence-electron chi connectivity index (χ2n) is 8.48. The standard InChI is InChI=1S/C16H36N.C8H6O7S/c1-5-9-13-17(14-10-6-2,15-11-7-3)16-12-8-4;9-7(10)4-1-5(8(11)12)3-6(2-4)16(13,14)15/h5-16H2,1-4H3;1-3H,(H,9,10)(H,11,12)(H,13,14,15)/q+1;. The smallest absolute Gasteiger partial charge is 0.335 e. The van der Waals surface area contributed by atoms with Crippen LogP contribution < -0.4 is 0 Å². The molecule has 9 heteroatoms. The lowest BCUT2D eigenvalue weighted by molar-refractivity contribution is -0.929. The average Bonchev–Trinajstić information content (AvgIpc) is 2.77. The maximum atomic E-state index is 10.8. The van der Waals surface area contributed by atoms with Crippen LogP contribution in [0.4, 0.5) is 0 Å². The fraction of sp³-hybridized carbons (Fsp3) is 0.667. The van der Waals surface area contributed by atoms with Crippen LogP contribution in [0.3, 0.4) is 0 Å². The van der Waals surface area contributed by atoms with E-state index in [2.05, 4.69) is 27.7 Å². The van der Waals surface area contributed by atoms with E-state index in [0.717, 1.165) is 6.07 Å². The summed E-state index contributed by atoms with van der Waals surface area (Å²) in [7, 11) is -4.64. The van der Waals surface area contributed by atoms with Crippen molar-refractivity contribution in [1.29, 1.82) is 0 Å². The molecule has 0 radical (unpaired) electrons. The van der Waals surface area contributed by atoms with E-state index in [1.165, 1.54) is 82.0 Å². The molecule has 33 heavy (non-hydrogen) atoms. The summed E-state index contributed by atoms with van der Waals surface area (Å²) < 4.78 is 31.6. The van der Waals surface area contributed by atoms with Crippen LogP contribution in [0, 0.1) is 0 Å². The molecule has 0 unspecified atom stereocenters. The molecule has 0 aliphatic rings. The number of carboxylic acid groups (broad SMARTS) is 2. The zero-order chi connectivity index (χ0) is 25.5. The molecule has 8 nitrogen and oxygen atoms in total. The van der Waals surface area contributed by atoms with Gasteiger partial charge in [-0.1, -0.05) is 53.4 Å². The highest BCUT2D eigenvalue weighted by Gasteiger charge is 2.24. The van der Waals surface area contributed by atoms with Gasteiger partial charge in [0.2, 0.25) is 0 Å². The van der Waals surface area contributed by atoms with Gasteiger partial charge in [0.05, 0.1) is 42.2 Å². The van der Waals surface area contributed by atoms with E-state index in [0.29, 0.717) is 12.1 Å². The summed E-state index contributed by atoms with van der Waals surface area (Å²) in [4.78, 5) is 20.4. The third kappa shape index (κ3) is 12.2. The molecule has 3 N–H and O–H groups in total. The first kappa shape index (κ1) is 31.0. The molecule has 0 bridgehead atoms. The summed E-state index contributed by atoms with van der Waals surface area (Å²) in [5, 5.41) is 17.2. The molecule has 0 heterocycles. The summed E-state index contributed by atoms with van der Waals surface area (Å²) in [6.45, 7) is 15.0. The van der Waals surface area contributed by atoms with Crippen molar-refractivity contribution in [2.45, 2.75) is 84.0 Å². The van der Waals surface area contributed by atoms with Gasteiger partial charge in [-0.15, -0.1) is 0 Å². The molecule has 1 aromatic carbocycles. The fourth-order valence-corrected chi connectivity index (χ4v) is 4.19. The van der Waals surface area contributed by atoms with Crippen molar-refractivity contribution in [1.82, 2.24) is 0 Å². The van der Waals surface area contributed by atoms with Crippen molar-refractivity contribution in [2.75, 3.05) is 26.2 Å². The molecular formula is C24H42NO7S+. The van der Waals surface area contributed by atoms with Gasteiger partial charge in [-0.2, -0.15) is 8.42 Å². The van der Waals surface area contributed by atoms with Gasteiger partial charge >= 0.3 is 11.9 Å². The van der Waals surface area contributed by atoms with Crippen LogP contribution in [-0.2, 0) is 10.1 Å². The molecule has 0 amide bonds. The maximum absolute atomic E-state index is 10.8. The molecule has 1 rings (SSSR count). The van der Waals surface area contributed by atoms with Gasteiger partial charge < -0.3 is 14.7 Å². The highest BCUT2D eigenvalue weighted by molar-refractivity contribution is 7.85.